The van der Waals surface area contributed by atoms with Gasteiger partial charge in [-0.1, -0.05) is 42.0 Å². The van der Waals surface area contributed by atoms with E-state index in [1.165, 1.54) is 23.3 Å². The molecule has 0 saturated carbocycles. The van der Waals surface area contributed by atoms with Crippen molar-refractivity contribution in [2.45, 2.75) is 38.0 Å². The van der Waals surface area contributed by atoms with E-state index in [0.717, 1.165) is 92.0 Å². The predicted molar refractivity (Wildman–Crippen MR) is 161 cm³/mol. The molecular weight excluding hydrogens is 562 g/mol. The number of aryl methyl sites for hydroxylation is 1. The molecule has 0 aromatic heterocycles. The maximum absolute atomic E-state index is 11.0. The number of ketones is 1. The molecular formula is C31H35NO7S2. The van der Waals surface area contributed by atoms with Gasteiger partial charge in [-0.25, -0.2) is 0 Å². The summed E-state index contributed by atoms with van der Waals surface area (Å²) in [6, 6.07) is 18.0. The number of hydrogen-bond donors (Lipinski definition) is 1. The third-order valence-electron chi connectivity index (χ3n) is 6.89. The van der Waals surface area contributed by atoms with E-state index >= 15 is 0 Å². The van der Waals surface area contributed by atoms with Crippen molar-refractivity contribution < 1.29 is 32.0 Å². The Hall–Kier alpha value is -3.31. The molecule has 0 radical (unpaired) electrons. The number of carbonyl (C=O) groups is 1. The van der Waals surface area contributed by atoms with E-state index < -0.39 is 10.1 Å². The molecule has 0 unspecified atom stereocenters. The van der Waals surface area contributed by atoms with Crippen LogP contribution in [0.2, 0.25) is 0 Å². The van der Waals surface area contributed by atoms with Gasteiger partial charge in [0, 0.05) is 37.9 Å². The monoisotopic (exact) mass is 597 g/mol. The zero-order valence-corrected chi connectivity index (χ0v) is 24.9. The first-order valence-corrected chi connectivity index (χ1v) is 15.4. The van der Waals surface area contributed by atoms with Crippen LogP contribution in [-0.4, -0.2) is 68.2 Å². The maximum Gasteiger partial charge on any atom is 0.294 e. The van der Waals surface area contributed by atoms with E-state index in [0.29, 0.717) is 0 Å². The van der Waals surface area contributed by atoms with E-state index in [1.54, 1.807) is 19.1 Å². The molecule has 1 N–H and O–H groups in total. The molecule has 218 valence electrons. The minimum absolute atomic E-state index is 0.0666. The number of carbonyl (C=O) groups excluding carboxylic acids is 1. The zero-order valence-electron chi connectivity index (χ0n) is 23.3. The Balaban J connectivity index is 0.000000148. The smallest absolute Gasteiger partial charge is 0.294 e. The Kier molecular flexibility index (Phi) is 10.5. The maximum atomic E-state index is 11.0. The molecule has 6 rings (SSSR count). The van der Waals surface area contributed by atoms with E-state index in [-0.39, 0.29) is 10.7 Å². The lowest BCUT2D eigenvalue weighted by Gasteiger charge is -2.29. The van der Waals surface area contributed by atoms with Crippen LogP contribution >= 0.6 is 12.2 Å². The van der Waals surface area contributed by atoms with Crippen molar-refractivity contribution in [2.24, 2.45) is 0 Å². The van der Waals surface area contributed by atoms with Gasteiger partial charge in [0.1, 0.15) is 11.5 Å². The van der Waals surface area contributed by atoms with Crippen LogP contribution in [0.5, 0.6) is 11.5 Å². The van der Waals surface area contributed by atoms with Crippen molar-refractivity contribution in [3.63, 3.8) is 0 Å². The molecule has 41 heavy (non-hydrogen) atoms. The van der Waals surface area contributed by atoms with Crippen LogP contribution in [0.3, 0.4) is 0 Å². The van der Waals surface area contributed by atoms with Gasteiger partial charge in [0.2, 0.25) is 0 Å². The fourth-order valence-corrected chi connectivity index (χ4v) is 5.39. The van der Waals surface area contributed by atoms with Gasteiger partial charge < -0.3 is 19.1 Å². The molecule has 0 atom stereocenters. The second-order valence-electron chi connectivity index (χ2n) is 9.98. The Bertz CT molecular complexity index is 1480. The highest BCUT2D eigenvalue weighted by Crippen LogP contribution is 2.27. The first kappa shape index (κ1) is 30.6. The number of morpholine rings is 1. The zero-order chi connectivity index (χ0) is 29.4. The molecule has 3 heterocycles. The highest BCUT2D eigenvalue weighted by atomic mass is 32.2. The van der Waals surface area contributed by atoms with Crippen LogP contribution in [0.15, 0.2) is 65.6 Å². The Morgan fingerprint density at radius 2 is 1.46 bits per heavy atom. The topological polar surface area (TPSA) is 102 Å². The van der Waals surface area contributed by atoms with E-state index in [4.69, 9.17) is 31.0 Å². The third-order valence-corrected chi connectivity index (χ3v) is 8.16. The number of thiocarbonyl (C=S) groups is 1. The van der Waals surface area contributed by atoms with Crippen LogP contribution in [0.4, 0.5) is 0 Å². The molecule has 1 saturated heterocycles. The van der Waals surface area contributed by atoms with Crippen molar-refractivity contribution in [1.29, 1.82) is 0 Å². The molecule has 0 spiro atoms. The van der Waals surface area contributed by atoms with Crippen molar-refractivity contribution >= 4 is 33.1 Å². The van der Waals surface area contributed by atoms with Crippen molar-refractivity contribution in [3.8, 4) is 11.5 Å². The SMILES string of the molecule is CC(=O)c1ccc2c(c1)CCO2.Cc1ccc(S(=O)(=O)O)cc1.S=C(Cc1ccc2c(c1)CCO2)N1CCOCC1. The molecule has 0 amide bonds. The lowest BCUT2D eigenvalue weighted by Crippen LogP contribution is -2.40. The lowest BCUT2D eigenvalue weighted by atomic mass is 10.1. The van der Waals surface area contributed by atoms with Gasteiger partial charge >= 0.3 is 0 Å². The molecule has 3 aliphatic heterocycles. The summed E-state index contributed by atoms with van der Waals surface area (Å²) in [5.41, 5.74) is 5.49. The van der Waals surface area contributed by atoms with Crippen molar-refractivity contribution in [2.75, 3.05) is 39.5 Å². The molecule has 8 nitrogen and oxygen atoms in total. The number of Topliss-reactive ketones (excluding diaryl/α,β-unsaturated/α-hetero) is 1. The second-order valence-corrected chi connectivity index (χ2v) is 11.9. The Morgan fingerprint density at radius 3 is 2.05 bits per heavy atom. The fourth-order valence-electron chi connectivity index (χ4n) is 4.56. The predicted octanol–water partition coefficient (Wildman–Crippen LogP) is 4.89. The van der Waals surface area contributed by atoms with Crippen LogP contribution in [0.25, 0.3) is 0 Å². The first-order valence-electron chi connectivity index (χ1n) is 13.5. The van der Waals surface area contributed by atoms with Crippen LogP contribution in [0, 0.1) is 6.92 Å². The first-order chi connectivity index (χ1) is 19.6. The van der Waals surface area contributed by atoms with Gasteiger partial charge in [-0.05, 0) is 66.9 Å². The normalized spacial score (nSPS) is 15.1. The number of fused-ring (bicyclic) bond motifs is 2. The summed E-state index contributed by atoms with van der Waals surface area (Å²) < 4.78 is 45.7. The van der Waals surface area contributed by atoms with Gasteiger partial charge in [-0.15, -0.1) is 0 Å². The molecule has 3 aromatic carbocycles. The summed E-state index contributed by atoms with van der Waals surface area (Å²) in [6.07, 6.45) is 2.80. The fraction of sp³-hybridized carbons (Fsp3) is 0.355. The number of ether oxygens (including phenoxy) is 3. The van der Waals surface area contributed by atoms with E-state index in [9.17, 15) is 13.2 Å². The molecule has 0 aliphatic carbocycles. The highest BCUT2D eigenvalue weighted by molar-refractivity contribution is 7.85. The quantitative estimate of drug-likeness (QED) is 0.256. The molecule has 1 fully saturated rings. The summed E-state index contributed by atoms with van der Waals surface area (Å²) in [5, 5.41) is 0. The molecule has 0 bridgehead atoms. The minimum Gasteiger partial charge on any atom is -0.493 e. The highest BCUT2D eigenvalue weighted by Gasteiger charge is 2.16. The summed E-state index contributed by atoms with van der Waals surface area (Å²) in [5.74, 6) is 2.08. The Morgan fingerprint density at radius 1 is 0.878 bits per heavy atom. The minimum atomic E-state index is -4.02. The Labute approximate surface area is 247 Å². The second kappa shape index (κ2) is 14.0. The van der Waals surface area contributed by atoms with Crippen molar-refractivity contribution in [1.82, 2.24) is 4.90 Å². The van der Waals surface area contributed by atoms with Crippen molar-refractivity contribution in [3.05, 3.63) is 88.5 Å². The van der Waals surface area contributed by atoms with Gasteiger partial charge in [0.25, 0.3) is 10.1 Å². The van der Waals surface area contributed by atoms with Crippen LogP contribution in [0.1, 0.15) is 39.5 Å². The van der Waals surface area contributed by atoms with Gasteiger partial charge in [0.05, 0.1) is 36.3 Å². The van der Waals surface area contributed by atoms with Gasteiger partial charge in [0.15, 0.2) is 5.78 Å². The third kappa shape index (κ3) is 8.84. The van der Waals surface area contributed by atoms with Crippen LogP contribution in [-0.2, 0) is 34.1 Å². The average Bonchev–Trinajstić information content (AvgIpc) is 3.63. The largest absolute Gasteiger partial charge is 0.493 e. The van der Waals surface area contributed by atoms with Crippen LogP contribution < -0.4 is 9.47 Å². The summed E-state index contributed by atoms with van der Waals surface area (Å²) in [6.45, 7) is 8.41. The number of nitrogens with zero attached hydrogens (tertiary/aromatic N) is 1. The molecule has 3 aliphatic rings. The van der Waals surface area contributed by atoms with Gasteiger partial charge in [-0.3, -0.25) is 9.35 Å². The molecule has 3 aromatic rings. The average molecular weight is 598 g/mol. The molecule has 10 heteroatoms. The number of benzene rings is 3. The summed E-state index contributed by atoms with van der Waals surface area (Å²) >= 11 is 5.52. The number of rotatable bonds is 4. The lowest BCUT2D eigenvalue weighted by molar-refractivity contribution is 0.0684. The van der Waals surface area contributed by atoms with Gasteiger partial charge in [-0.2, -0.15) is 8.42 Å². The van der Waals surface area contributed by atoms with E-state index in [1.807, 2.05) is 25.1 Å². The summed E-state index contributed by atoms with van der Waals surface area (Å²) in [4.78, 5) is 14.2. The number of hydrogen-bond acceptors (Lipinski definition) is 7. The summed E-state index contributed by atoms with van der Waals surface area (Å²) in [7, 11) is -4.02. The standard InChI is InChI=1S/C14H17NO2S.C10H10O2.C7H8O3S/c18-14(15-4-7-16-8-5-15)10-11-1-2-13-12(9-11)3-6-17-13;1-7(11)8-2-3-10-9(6-8)4-5-12-10;1-6-2-4-7(5-3-6)11(8,9)10/h1-2,9H,3-8,10H2;2-3,6H,4-5H2,1H3;2-5H,1H3,(H,8,9,10). The van der Waals surface area contributed by atoms with E-state index in [2.05, 4.69) is 23.1 Å².